The van der Waals surface area contributed by atoms with Crippen molar-refractivity contribution in [3.63, 3.8) is 0 Å². The average Bonchev–Trinajstić information content (AvgIpc) is 2.00. The molecule has 0 fully saturated rings. The van der Waals surface area contributed by atoms with E-state index in [1.165, 1.54) is 0 Å². The number of hydrogen-bond acceptors (Lipinski definition) is 2. The van der Waals surface area contributed by atoms with Crippen LogP contribution in [0.3, 0.4) is 0 Å². The molecule has 0 radical (unpaired) electrons. The molecular formula is C7H15F3O2Si. The summed E-state index contributed by atoms with van der Waals surface area (Å²) in [7, 11) is -2.05. The molecule has 80 valence electrons. The minimum Gasteiger partial charge on any atom is -0.397 e. The topological polar surface area (TPSA) is 18.5 Å². The Labute approximate surface area is 77.9 Å². The highest BCUT2D eigenvalue weighted by molar-refractivity contribution is 6.44. The Bertz CT molecular complexity index is 123. The molecule has 0 aliphatic carbocycles. The maximum absolute atomic E-state index is 11.8. The van der Waals surface area contributed by atoms with Gasteiger partial charge in [-0.15, -0.1) is 0 Å². The van der Waals surface area contributed by atoms with Crippen LogP contribution in [0, 0.1) is 0 Å². The van der Waals surface area contributed by atoms with Gasteiger partial charge >= 0.3 is 15.5 Å². The largest absolute Gasteiger partial charge is 0.397 e. The zero-order valence-corrected chi connectivity index (χ0v) is 9.01. The van der Waals surface area contributed by atoms with Crippen LogP contribution in [0.1, 0.15) is 20.3 Å². The van der Waals surface area contributed by atoms with Gasteiger partial charge in [0.15, 0.2) is 0 Å². The fourth-order valence-electron chi connectivity index (χ4n) is 0.868. The van der Waals surface area contributed by atoms with Gasteiger partial charge < -0.3 is 8.85 Å². The van der Waals surface area contributed by atoms with Crippen LogP contribution < -0.4 is 0 Å². The molecule has 0 aliphatic heterocycles. The number of rotatable bonds is 6. The first-order valence-electron chi connectivity index (χ1n) is 4.29. The van der Waals surface area contributed by atoms with Gasteiger partial charge in [0.25, 0.3) is 0 Å². The molecule has 6 heteroatoms. The third-order valence-corrected chi connectivity index (χ3v) is 3.54. The van der Waals surface area contributed by atoms with Gasteiger partial charge in [-0.2, -0.15) is 13.2 Å². The van der Waals surface area contributed by atoms with Crippen molar-refractivity contribution < 1.29 is 22.0 Å². The molecule has 0 aromatic heterocycles. The molecule has 0 aromatic rings. The van der Waals surface area contributed by atoms with E-state index in [2.05, 4.69) is 0 Å². The average molecular weight is 216 g/mol. The molecule has 0 N–H and O–H groups in total. The first-order valence-corrected chi connectivity index (χ1v) is 6.05. The Kier molecular flexibility index (Phi) is 6.36. The third kappa shape index (κ3) is 8.26. The molecule has 2 nitrogen and oxygen atoms in total. The fraction of sp³-hybridized carbons (Fsp3) is 1.00. The predicted octanol–water partition coefficient (Wildman–Crippen LogP) is 2.23. The van der Waals surface area contributed by atoms with Crippen molar-refractivity contribution in [3.05, 3.63) is 0 Å². The highest BCUT2D eigenvalue weighted by Gasteiger charge is 2.29. The van der Waals surface area contributed by atoms with Gasteiger partial charge in [0.1, 0.15) is 0 Å². The summed E-state index contributed by atoms with van der Waals surface area (Å²) < 4.78 is 45.6. The van der Waals surface area contributed by atoms with Gasteiger partial charge in [0.2, 0.25) is 0 Å². The van der Waals surface area contributed by atoms with Gasteiger partial charge in [-0.1, -0.05) is 0 Å². The molecular weight excluding hydrogens is 201 g/mol. The number of alkyl halides is 3. The number of halogens is 3. The van der Waals surface area contributed by atoms with Crippen molar-refractivity contribution in [2.24, 2.45) is 0 Å². The maximum Gasteiger partial charge on any atom is 0.389 e. The lowest BCUT2D eigenvalue weighted by atomic mass is 10.5. The molecule has 0 rings (SSSR count). The van der Waals surface area contributed by atoms with Crippen molar-refractivity contribution >= 4 is 9.28 Å². The van der Waals surface area contributed by atoms with E-state index in [0.717, 1.165) is 0 Å². The molecule has 0 saturated heterocycles. The molecule has 0 amide bonds. The van der Waals surface area contributed by atoms with E-state index in [0.29, 0.717) is 13.2 Å². The normalized spacial score (nSPS) is 12.5. The van der Waals surface area contributed by atoms with E-state index in [1.807, 2.05) is 0 Å². The molecule has 13 heavy (non-hydrogen) atoms. The van der Waals surface area contributed by atoms with Crippen LogP contribution in [-0.4, -0.2) is 28.7 Å². The number of hydrogen-bond donors (Lipinski definition) is 0. The lowest BCUT2D eigenvalue weighted by Crippen LogP contribution is -2.25. The summed E-state index contributed by atoms with van der Waals surface area (Å²) in [6.07, 6.45) is -4.90. The van der Waals surface area contributed by atoms with Crippen LogP contribution in [0.15, 0.2) is 0 Å². The molecule has 0 heterocycles. The summed E-state index contributed by atoms with van der Waals surface area (Å²) in [6, 6.07) is 0.00514. The zero-order chi connectivity index (χ0) is 10.3. The molecule has 0 atom stereocenters. The first-order chi connectivity index (χ1) is 5.99. The lowest BCUT2D eigenvalue weighted by molar-refractivity contribution is -0.131. The minimum atomic E-state index is -4.10. The molecule has 0 aromatic carbocycles. The van der Waals surface area contributed by atoms with Crippen LogP contribution in [0.2, 0.25) is 6.04 Å². The van der Waals surface area contributed by atoms with Crippen molar-refractivity contribution in [3.8, 4) is 0 Å². The minimum absolute atomic E-state index is 0.00514. The Morgan fingerprint density at radius 1 is 1.08 bits per heavy atom. The summed E-state index contributed by atoms with van der Waals surface area (Å²) in [4.78, 5) is 0. The molecule has 0 spiro atoms. The predicted molar refractivity (Wildman–Crippen MR) is 45.9 cm³/mol. The Hall–Kier alpha value is -0.0731. The van der Waals surface area contributed by atoms with Gasteiger partial charge in [-0.25, -0.2) is 0 Å². The quantitative estimate of drug-likeness (QED) is 0.634. The van der Waals surface area contributed by atoms with E-state index < -0.39 is 21.9 Å². The smallest absolute Gasteiger partial charge is 0.389 e. The Morgan fingerprint density at radius 3 is 1.85 bits per heavy atom. The zero-order valence-electron chi connectivity index (χ0n) is 7.86. The van der Waals surface area contributed by atoms with E-state index in [-0.39, 0.29) is 6.04 Å². The van der Waals surface area contributed by atoms with Crippen molar-refractivity contribution in [2.75, 3.05) is 13.2 Å². The molecule has 0 unspecified atom stereocenters. The first kappa shape index (κ1) is 12.9. The molecule has 0 saturated carbocycles. The standard InChI is InChI=1S/C7H15F3O2Si/c1-3-11-13(12-4-2)6-5-7(8,9)10/h13H,3-6H2,1-2H3. The van der Waals surface area contributed by atoms with E-state index >= 15 is 0 Å². The summed E-state index contributed by atoms with van der Waals surface area (Å²) in [5.74, 6) is 0. The second-order valence-corrected chi connectivity index (χ2v) is 4.60. The van der Waals surface area contributed by atoms with Crippen molar-refractivity contribution in [1.82, 2.24) is 0 Å². The SMILES string of the molecule is CCO[SiH](CCC(F)(F)F)OCC. The highest BCUT2D eigenvalue weighted by atomic mass is 28.3. The van der Waals surface area contributed by atoms with Gasteiger partial charge in [0, 0.05) is 19.6 Å². The van der Waals surface area contributed by atoms with E-state index in [9.17, 15) is 13.2 Å². The fourth-order valence-corrected chi connectivity index (χ4v) is 2.60. The van der Waals surface area contributed by atoms with Crippen LogP contribution in [0.4, 0.5) is 13.2 Å². The monoisotopic (exact) mass is 216 g/mol. The van der Waals surface area contributed by atoms with Crippen LogP contribution in [0.25, 0.3) is 0 Å². The van der Waals surface area contributed by atoms with E-state index in [1.54, 1.807) is 13.8 Å². The lowest BCUT2D eigenvalue weighted by Gasteiger charge is -2.15. The van der Waals surface area contributed by atoms with Crippen molar-refractivity contribution in [1.29, 1.82) is 0 Å². The van der Waals surface area contributed by atoms with Gasteiger partial charge in [-0.3, -0.25) is 0 Å². The third-order valence-electron chi connectivity index (χ3n) is 1.37. The second kappa shape index (κ2) is 6.39. The summed E-state index contributed by atoms with van der Waals surface area (Å²) in [6.45, 7) is 4.36. The van der Waals surface area contributed by atoms with Crippen molar-refractivity contribution in [2.45, 2.75) is 32.5 Å². The summed E-state index contributed by atoms with van der Waals surface area (Å²) >= 11 is 0. The molecule has 0 bridgehead atoms. The Morgan fingerprint density at radius 2 is 1.54 bits per heavy atom. The Balaban J connectivity index is 3.68. The van der Waals surface area contributed by atoms with E-state index in [4.69, 9.17) is 8.85 Å². The summed E-state index contributed by atoms with van der Waals surface area (Å²) in [5, 5.41) is 0. The van der Waals surface area contributed by atoms with Gasteiger partial charge in [0.05, 0.1) is 0 Å². The van der Waals surface area contributed by atoms with Crippen LogP contribution in [-0.2, 0) is 8.85 Å². The van der Waals surface area contributed by atoms with Crippen LogP contribution >= 0.6 is 0 Å². The summed E-state index contributed by atoms with van der Waals surface area (Å²) in [5.41, 5.74) is 0. The van der Waals surface area contributed by atoms with Crippen LogP contribution in [0.5, 0.6) is 0 Å². The maximum atomic E-state index is 11.8. The van der Waals surface area contributed by atoms with Gasteiger partial charge in [-0.05, 0) is 19.9 Å². The molecule has 0 aliphatic rings. The second-order valence-electron chi connectivity index (χ2n) is 2.49. The highest BCUT2D eigenvalue weighted by Crippen LogP contribution is 2.22.